The van der Waals surface area contributed by atoms with E-state index in [0.29, 0.717) is 19.4 Å². The van der Waals surface area contributed by atoms with E-state index in [4.69, 9.17) is 0 Å². The zero-order valence-corrected chi connectivity index (χ0v) is 19.2. The van der Waals surface area contributed by atoms with E-state index in [1.807, 2.05) is 6.07 Å². The molecule has 1 amide bonds. The molecule has 31 heavy (non-hydrogen) atoms. The van der Waals surface area contributed by atoms with Crippen LogP contribution in [0.1, 0.15) is 43.4 Å². The fourth-order valence-corrected chi connectivity index (χ4v) is 4.71. The maximum absolute atomic E-state index is 12.5. The van der Waals surface area contributed by atoms with Crippen molar-refractivity contribution in [3.63, 3.8) is 0 Å². The van der Waals surface area contributed by atoms with Gasteiger partial charge < -0.3 is 5.32 Å². The molecule has 1 fully saturated rings. The molecule has 6 nitrogen and oxygen atoms in total. The van der Waals surface area contributed by atoms with E-state index in [2.05, 4.69) is 46.1 Å². The first kappa shape index (κ1) is 23.4. The zero-order chi connectivity index (χ0) is 22.3. The van der Waals surface area contributed by atoms with Crippen LogP contribution in [0.3, 0.4) is 0 Å². The lowest BCUT2D eigenvalue weighted by molar-refractivity contribution is -0.121. The smallest absolute Gasteiger partial charge is 0.240 e. The van der Waals surface area contributed by atoms with Crippen molar-refractivity contribution in [2.24, 2.45) is 5.92 Å². The van der Waals surface area contributed by atoms with Crippen LogP contribution in [0.25, 0.3) is 0 Å². The van der Waals surface area contributed by atoms with E-state index in [-0.39, 0.29) is 16.8 Å². The zero-order valence-electron chi connectivity index (χ0n) is 18.4. The number of carbonyl (C=O) groups excluding carboxylic acids is 1. The van der Waals surface area contributed by atoms with E-state index in [0.717, 1.165) is 24.6 Å². The molecule has 1 unspecified atom stereocenters. The number of nitrogens with one attached hydrogen (secondary N) is 2. The molecule has 0 saturated carbocycles. The molecule has 1 heterocycles. The number of rotatable bonds is 9. The van der Waals surface area contributed by atoms with Crippen LogP contribution in [0.5, 0.6) is 0 Å². The second-order valence-corrected chi connectivity index (χ2v) is 10.2. The third-order valence-electron chi connectivity index (χ3n) is 6.08. The Hall–Kier alpha value is -2.22. The van der Waals surface area contributed by atoms with Crippen molar-refractivity contribution in [3.05, 3.63) is 65.7 Å². The van der Waals surface area contributed by atoms with Crippen molar-refractivity contribution in [1.29, 1.82) is 0 Å². The quantitative estimate of drug-likeness (QED) is 0.624. The van der Waals surface area contributed by atoms with Crippen LogP contribution in [-0.2, 0) is 21.2 Å². The van der Waals surface area contributed by atoms with Gasteiger partial charge in [-0.1, -0.05) is 49.4 Å². The average molecular weight is 444 g/mol. The summed E-state index contributed by atoms with van der Waals surface area (Å²) in [7, 11) is -2.05. The third-order valence-corrected chi connectivity index (χ3v) is 7.51. The number of sulfonamides is 1. The minimum atomic E-state index is -3.44. The van der Waals surface area contributed by atoms with Crippen molar-refractivity contribution in [2.45, 2.75) is 43.5 Å². The van der Waals surface area contributed by atoms with E-state index < -0.39 is 10.0 Å². The number of hydrogen-bond acceptors (Lipinski definition) is 4. The lowest BCUT2D eigenvalue weighted by Crippen LogP contribution is -2.42. The standard InChI is InChI=1S/C24H33N3O3S/c1-19-14-16-27(17-15-19)23(21-6-4-3-5-7-21)18-26-24(28)13-10-20-8-11-22(12-9-20)31(29,30)25-2/h3-9,11-12,19,23,25H,10,13-18H2,1-2H3,(H,26,28). The van der Waals surface area contributed by atoms with Crippen molar-refractivity contribution >= 4 is 15.9 Å². The van der Waals surface area contributed by atoms with Gasteiger partial charge in [-0.05, 0) is 68.6 Å². The molecule has 0 radical (unpaired) electrons. The summed E-state index contributed by atoms with van der Waals surface area (Å²) in [6.07, 6.45) is 3.33. The molecule has 1 aliphatic heterocycles. The van der Waals surface area contributed by atoms with Crippen LogP contribution in [0.2, 0.25) is 0 Å². The lowest BCUT2D eigenvalue weighted by Gasteiger charge is -2.37. The summed E-state index contributed by atoms with van der Waals surface area (Å²) in [5.41, 5.74) is 2.17. The van der Waals surface area contributed by atoms with E-state index in [9.17, 15) is 13.2 Å². The molecule has 168 valence electrons. The minimum Gasteiger partial charge on any atom is -0.354 e. The number of benzene rings is 2. The second-order valence-electron chi connectivity index (χ2n) is 8.30. The van der Waals surface area contributed by atoms with Crippen molar-refractivity contribution in [3.8, 4) is 0 Å². The van der Waals surface area contributed by atoms with Gasteiger partial charge in [-0.25, -0.2) is 13.1 Å². The van der Waals surface area contributed by atoms with Crippen molar-refractivity contribution in [1.82, 2.24) is 14.9 Å². The molecule has 0 aromatic heterocycles. The maximum Gasteiger partial charge on any atom is 0.240 e. The summed E-state index contributed by atoms with van der Waals surface area (Å²) in [6.45, 7) is 5.00. The van der Waals surface area contributed by atoms with Crippen LogP contribution < -0.4 is 10.0 Å². The number of hydrogen-bond donors (Lipinski definition) is 2. The summed E-state index contributed by atoms with van der Waals surface area (Å²) < 4.78 is 25.9. The first-order valence-corrected chi connectivity index (χ1v) is 12.5. The summed E-state index contributed by atoms with van der Waals surface area (Å²) in [5.74, 6) is 0.773. The summed E-state index contributed by atoms with van der Waals surface area (Å²) in [5, 5.41) is 3.12. The molecule has 2 N–H and O–H groups in total. The van der Waals surface area contributed by atoms with E-state index >= 15 is 0 Å². The molecular formula is C24H33N3O3S. The van der Waals surface area contributed by atoms with Crippen LogP contribution >= 0.6 is 0 Å². The highest BCUT2D eigenvalue weighted by atomic mass is 32.2. The Balaban J connectivity index is 1.55. The van der Waals surface area contributed by atoms with Gasteiger partial charge in [0, 0.05) is 13.0 Å². The highest BCUT2D eigenvalue weighted by molar-refractivity contribution is 7.89. The topological polar surface area (TPSA) is 78.5 Å². The molecule has 0 aliphatic carbocycles. The minimum absolute atomic E-state index is 0.0123. The Morgan fingerprint density at radius 2 is 1.71 bits per heavy atom. The predicted molar refractivity (Wildman–Crippen MR) is 123 cm³/mol. The van der Waals surface area contributed by atoms with Gasteiger partial charge in [0.25, 0.3) is 0 Å². The van der Waals surface area contributed by atoms with E-state index in [1.165, 1.54) is 25.5 Å². The fraction of sp³-hybridized carbons (Fsp3) is 0.458. The monoisotopic (exact) mass is 443 g/mol. The molecule has 1 saturated heterocycles. The van der Waals surface area contributed by atoms with Gasteiger partial charge in [0.1, 0.15) is 0 Å². The molecule has 7 heteroatoms. The van der Waals surface area contributed by atoms with Gasteiger partial charge >= 0.3 is 0 Å². The molecule has 1 atom stereocenters. The molecule has 2 aromatic carbocycles. The van der Waals surface area contributed by atoms with Crippen molar-refractivity contribution in [2.75, 3.05) is 26.7 Å². The highest BCUT2D eigenvalue weighted by Gasteiger charge is 2.25. The number of nitrogens with zero attached hydrogens (tertiary/aromatic N) is 1. The summed E-state index contributed by atoms with van der Waals surface area (Å²) in [4.78, 5) is 15.2. The Labute approximate surface area is 186 Å². The largest absolute Gasteiger partial charge is 0.354 e. The Morgan fingerprint density at radius 1 is 1.06 bits per heavy atom. The van der Waals surface area contributed by atoms with Gasteiger partial charge in [-0.3, -0.25) is 9.69 Å². The van der Waals surface area contributed by atoms with Gasteiger partial charge in [-0.2, -0.15) is 0 Å². The van der Waals surface area contributed by atoms with Crippen LogP contribution in [-0.4, -0.2) is 45.9 Å². The normalized spacial score (nSPS) is 16.7. The van der Waals surface area contributed by atoms with Gasteiger partial charge in [0.05, 0.1) is 10.9 Å². The predicted octanol–water partition coefficient (Wildman–Crippen LogP) is 3.12. The highest BCUT2D eigenvalue weighted by Crippen LogP contribution is 2.26. The van der Waals surface area contributed by atoms with Gasteiger partial charge in [0.2, 0.25) is 15.9 Å². The first-order chi connectivity index (χ1) is 14.9. The fourth-order valence-electron chi connectivity index (χ4n) is 3.98. The van der Waals surface area contributed by atoms with E-state index in [1.54, 1.807) is 24.3 Å². The molecule has 0 bridgehead atoms. The number of likely N-dealkylation sites (tertiary alicyclic amines) is 1. The molecule has 2 aromatic rings. The Morgan fingerprint density at radius 3 is 2.32 bits per heavy atom. The lowest BCUT2D eigenvalue weighted by atomic mass is 9.95. The number of piperidine rings is 1. The molecule has 1 aliphatic rings. The molecule has 0 spiro atoms. The van der Waals surface area contributed by atoms with Crippen LogP contribution in [0, 0.1) is 5.92 Å². The Bertz CT molecular complexity index is 938. The average Bonchev–Trinajstić information content (AvgIpc) is 2.80. The SMILES string of the molecule is CNS(=O)(=O)c1ccc(CCC(=O)NCC(c2ccccc2)N2CCC(C)CC2)cc1. The van der Waals surface area contributed by atoms with Crippen molar-refractivity contribution < 1.29 is 13.2 Å². The van der Waals surface area contributed by atoms with Crippen LogP contribution in [0.4, 0.5) is 0 Å². The second kappa shape index (κ2) is 10.9. The number of carbonyl (C=O) groups is 1. The third kappa shape index (κ3) is 6.63. The van der Waals surface area contributed by atoms with Gasteiger partial charge in [0.15, 0.2) is 0 Å². The summed E-state index contributed by atoms with van der Waals surface area (Å²) >= 11 is 0. The summed E-state index contributed by atoms with van der Waals surface area (Å²) in [6, 6.07) is 17.2. The Kier molecular flexibility index (Phi) is 8.23. The van der Waals surface area contributed by atoms with Gasteiger partial charge in [-0.15, -0.1) is 0 Å². The number of amides is 1. The molecular weight excluding hydrogens is 410 g/mol. The maximum atomic E-state index is 12.5. The number of aryl methyl sites for hydroxylation is 1. The molecule has 3 rings (SSSR count). The first-order valence-electron chi connectivity index (χ1n) is 11.0. The van der Waals surface area contributed by atoms with Crippen LogP contribution in [0.15, 0.2) is 59.5 Å².